The smallest absolute Gasteiger partial charge is 0.315 e. The van der Waals surface area contributed by atoms with Crippen LogP contribution < -0.4 is 10.6 Å². The lowest BCUT2D eigenvalue weighted by Crippen LogP contribution is -2.34. The summed E-state index contributed by atoms with van der Waals surface area (Å²) in [5, 5.41) is 15.4. The second-order valence-corrected chi connectivity index (χ2v) is 12.4. The number of aliphatic hydroxyl groups excluding tert-OH is 1. The topological polar surface area (TPSA) is 79.8 Å². The van der Waals surface area contributed by atoms with E-state index in [-0.39, 0.29) is 24.8 Å². The number of thioether (sulfide) groups is 1. The molecule has 0 bridgehead atoms. The molecule has 0 radical (unpaired) electrons. The van der Waals surface area contributed by atoms with E-state index >= 15 is 0 Å². The molecule has 234 valence electrons. The normalized spacial score (nSPS) is 17.7. The van der Waals surface area contributed by atoms with Crippen molar-refractivity contribution in [2.75, 3.05) is 5.75 Å². The van der Waals surface area contributed by atoms with Gasteiger partial charge in [-0.25, -0.2) is 4.79 Å². The highest BCUT2D eigenvalue weighted by atomic mass is 32.2. The van der Waals surface area contributed by atoms with E-state index in [0.29, 0.717) is 13.1 Å². The molecule has 3 atom stereocenters. The molecule has 6 nitrogen and oxygen atoms in total. The summed E-state index contributed by atoms with van der Waals surface area (Å²) in [5.74, 6) is 0.818. The van der Waals surface area contributed by atoms with Crippen LogP contribution in [0, 0.1) is 0 Å². The number of rotatable bonds is 11. The SMILES string of the molecule is O=C(NCc1ccccc1)NCc1cccc(-c2ccc([C@H]3O[C@@H](CSc4ccccc4)C[C@@H](c4ccc(CO)cc4)O3)cc2)c1. The molecule has 3 N–H and O–H groups in total. The fraction of sp³-hybridized carbons (Fsp3) is 0.205. The van der Waals surface area contributed by atoms with Crippen molar-refractivity contribution in [1.82, 2.24) is 10.6 Å². The van der Waals surface area contributed by atoms with Crippen LogP contribution in [0.1, 0.15) is 46.6 Å². The first-order chi connectivity index (χ1) is 22.6. The van der Waals surface area contributed by atoms with Crippen molar-refractivity contribution in [3.8, 4) is 11.1 Å². The van der Waals surface area contributed by atoms with E-state index < -0.39 is 6.29 Å². The molecule has 1 heterocycles. The first kappa shape index (κ1) is 31.6. The highest BCUT2D eigenvalue weighted by molar-refractivity contribution is 7.99. The van der Waals surface area contributed by atoms with E-state index in [4.69, 9.17) is 9.47 Å². The van der Waals surface area contributed by atoms with Gasteiger partial charge < -0.3 is 25.2 Å². The Morgan fingerprint density at radius 1 is 0.674 bits per heavy atom. The molecule has 5 aromatic rings. The molecule has 7 heteroatoms. The third-order valence-electron chi connectivity index (χ3n) is 7.99. The number of hydrogen-bond acceptors (Lipinski definition) is 5. The largest absolute Gasteiger partial charge is 0.392 e. The fourth-order valence-electron chi connectivity index (χ4n) is 5.45. The van der Waals surface area contributed by atoms with E-state index in [2.05, 4.69) is 71.3 Å². The van der Waals surface area contributed by atoms with Gasteiger partial charge in [-0.3, -0.25) is 0 Å². The maximum atomic E-state index is 12.4. The van der Waals surface area contributed by atoms with Crippen LogP contribution in [0.25, 0.3) is 11.1 Å². The van der Waals surface area contributed by atoms with Gasteiger partial charge in [-0.15, -0.1) is 11.8 Å². The van der Waals surface area contributed by atoms with Gasteiger partial charge >= 0.3 is 6.03 Å². The van der Waals surface area contributed by atoms with Crippen molar-refractivity contribution < 1.29 is 19.4 Å². The standard InChI is InChI=1S/C39H38N2O4S/c42-26-29-14-16-32(17-15-29)37-23-35(27-46-36-12-5-2-6-13-36)44-38(45-37)33-20-18-31(19-21-33)34-11-7-10-30(22-34)25-41-39(43)40-24-28-8-3-1-4-9-28/h1-22,35,37-38,42H,23-27H2,(H2,40,41,43)/t35-,37+,38+/m1/s1. The van der Waals surface area contributed by atoms with Crippen LogP contribution in [0.2, 0.25) is 0 Å². The van der Waals surface area contributed by atoms with Gasteiger partial charge in [0.1, 0.15) is 0 Å². The summed E-state index contributed by atoms with van der Waals surface area (Å²) in [7, 11) is 0. The molecule has 0 aliphatic carbocycles. The summed E-state index contributed by atoms with van der Waals surface area (Å²) in [5.41, 5.74) is 7.14. The Labute approximate surface area is 274 Å². The van der Waals surface area contributed by atoms with Crippen LogP contribution in [0.3, 0.4) is 0 Å². The summed E-state index contributed by atoms with van der Waals surface area (Å²) in [6, 6.07) is 44.5. The molecule has 1 fully saturated rings. The molecule has 0 aromatic heterocycles. The lowest BCUT2D eigenvalue weighted by molar-refractivity contribution is -0.245. The maximum absolute atomic E-state index is 12.4. The number of benzene rings is 5. The minimum absolute atomic E-state index is 0.000209. The number of nitrogens with one attached hydrogen (secondary N) is 2. The number of aliphatic hydroxyl groups is 1. The molecule has 0 saturated carbocycles. The third kappa shape index (κ3) is 8.65. The Bertz CT molecular complexity index is 1680. The van der Waals surface area contributed by atoms with E-state index in [1.54, 1.807) is 11.8 Å². The fourth-order valence-corrected chi connectivity index (χ4v) is 6.39. The molecule has 6 rings (SSSR count). The van der Waals surface area contributed by atoms with E-state index in [1.165, 1.54) is 4.90 Å². The monoisotopic (exact) mass is 630 g/mol. The molecule has 5 aromatic carbocycles. The quantitative estimate of drug-likeness (QED) is 0.128. The summed E-state index contributed by atoms with van der Waals surface area (Å²) in [6.45, 7) is 0.930. The predicted octanol–water partition coefficient (Wildman–Crippen LogP) is 8.18. The van der Waals surface area contributed by atoms with Crippen LogP contribution in [-0.2, 0) is 29.2 Å². The van der Waals surface area contributed by atoms with Gasteiger partial charge in [0.25, 0.3) is 0 Å². The number of hydrogen-bond donors (Lipinski definition) is 3. The zero-order valence-corrected chi connectivity index (χ0v) is 26.4. The molecule has 2 amide bonds. The summed E-state index contributed by atoms with van der Waals surface area (Å²) in [6.07, 6.45) is 0.122. The van der Waals surface area contributed by atoms with Gasteiger partial charge in [0, 0.05) is 35.7 Å². The van der Waals surface area contributed by atoms with E-state index in [9.17, 15) is 9.90 Å². The van der Waals surface area contributed by atoms with Gasteiger partial charge in [0.05, 0.1) is 18.8 Å². The molecule has 1 aliphatic rings. The molecule has 1 aliphatic heterocycles. The number of ether oxygens (including phenoxy) is 2. The Balaban J connectivity index is 1.11. The highest BCUT2D eigenvalue weighted by Gasteiger charge is 2.32. The predicted molar refractivity (Wildman–Crippen MR) is 183 cm³/mol. The van der Waals surface area contributed by atoms with Gasteiger partial charge in [-0.1, -0.05) is 115 Å². The second kappa shape index (κ2) is 15.7. The maximum Gasteiger partial charge on any atom is 0.315 e. The minimum Gasteiger partial charge on any atom is -0.392 e. The van der Waals surface area contributed by atoms with Crippen LogP contribution in [0.4, 0.5) is 4.79 Å². The summed E-state index contributed by atoms with van der Waals surface area (Å²) < 4.78 is 13.1. The zero-order valence-electron chi connectivity index (χ0n) is 25.5. The lowest BCUT2D eigenvalue weighted by atomic mass is 9.99. The van der Waals surface area contributed by atoms with Crippen molar-refractivity contribution in [3.63, 3.8) is 0 Å². The van der Waals surface area contributed by atoms with E-state index in [0.717, 1.165) is 51.1 Å². The van der Waals surface area contributed by atoms with E-state index in [1.807, 2.05) is 72.8 Å². The van der Waals surface area contributed by atoms with Gasteiger partial charge in [0.2, 0.25) is 0 Å². The van der Waals surface area contributed by atoms with Crippen LogP contribution in [-0.4, -0.2) is 23.0 Å². The molecule has 1 saturated heterocycles. The molecular formula is C39H38N2O4S. The molecule has 0 spiro atoms. The average Bonchev–Trinajstić information content (AvgIpc) is 3.13. The first-order valence-corrected chi connectivity index (χ1v) is 16.5. The van der Waals surface area contributed by atoms with Crippen molar-refractivity contribution in [1.29, 1.82) is 0 Å². The van der Waals surface area contributed by atoms with Crippen molar-refractivity contribution in [2.45, 2.75) is 49.5 Å². The minimum atomic E-state index is -0.503. The third-order valence-corrected chi connectivity index (χ3v) is 9.13. The van der Waals surface area contributed by atoms with Crippen LogP contribution in [0.5, 0.6) is 0 Å². The highest BCUT2D eigenvalue weighted by Crippen LogP contribution is 2.40. The number of carbonyl (C=O) groups is 1. The van der Waals surface area contributed by atoms with Crippen molar-refractivity contribution in [2.24, 2.45) is 0 Å². The second-order valence-electron chi connectivity index (χ2n) is 11.3. The van der Waals surface area contributed by atoms with Crippen LogP contribution in [0.15, 0.2) is 138 Å². The van der Waals surface area contributed by atoms with Gasteiger partial charge in [-0.05, 0) is 51.6 Å². The number of carbonyl (C=O) groups excluding carboxylic acids is 1. The average molecular weight is 631 g/mol. The Hall–Kier alpha value is -4.40. The Morgan fingerprint density at radius 2 is 1.33 bits per heavy atom. The number of urea groups is 1. The lowest BCUT2D eigenvalue weighted by Gasteiger charge is -2.36. The van der Waals surface area contributed by atoms with Crippen molar-refractivity contribution in [3.05, 3.63) is 161 Å². The Morgan fingerprint density at radius 3 is 2.04 bits per heavy atom. The van der Waals surface area contributed by atoms with Gasteiger partial charge in [0.15, 0.2) is 6.29 Å². The molecule has 0 unspecified atom stereocenters. The van der Waals surface area contributed by atoms with Gasteiger partial charge in [-0.2, -0.15) is 0 Å². The first-order valence-electron chi connectivity index (χ1n) is 15.6. The zero-order chi connectivity index (χ0) is 31.6. The molecule has 46 heavy (non-hydrogen) atoms. The summed E-state index contributed by atoms with van der Waals surface area (Å²) in [4.78, 5) is 13.6. The molecular weight excluding hydrogens is 593 g/mol. The number of amides is 2. The van der Waals surface area contributed by atoms with Crippen LogP contribution >= 0.6 is 11.8 Å². The summed E-state index contributed by atoms with van der Waals surface area (Å²) >= 11 is 1.79. The van der Waals surface area contributed by atoms with Crippen molar-refractivity contribution >= 4 is 17.8 Å². The Kier molecular flexibility index (Phi) is 10.8.